The van der Waals surface area contributed by atoms with Gasteiger partial charge >= 0.3 is 0 Å². The number of phenolic OH excluding ortho intramolecular Hbond substituents is 2. The predicted octanol–water partition coefficient (Wildman–Crippen LogP) is 1.19. The summed E-state index contributed by atoms with van der Waals surface area (Å²) in [5.74, 6) is -3.18. The molecule has 0 saturated carbocycles. The van der Waals surface area contributed by atoms with Crippen LogP contribution in [-0.4, -0.2) is 75.0 Å². The highest BCUT2D eigenvalue weighted by Gasteiger charge is 2.49. The molecule has 0 radical (unpaired) electrons. The van der Waals surface area contributed by atoms with Gasteiger partial charge in [0.2, 0.25) is 5.78 Å². The maximum absolute atomic E-state index is 13.6. The van der Waals surface area contributed by atoms with Crippen LogP contribution in [0.4, 0.5) is 0 Å². The summed E-state index contributed by atoms with van der Waals surface area (Å²) in [6.45, 7) is 2.79. The number of aliphatic hydroxyl groups excluding tert-OH is 1. The van der Waals surface area contributed by atoms with Crippen LogP contribution < -0.4 is 16.6 Å². The Morgan fingerprint density at radius 1 is 1.13 bits per heavy atom. The number of hydrogen-bond donors (Lipinski definition) is 6. The quantitative estimate of drug-likeness (QED) is 0.255. The van der Waals surface area contributed by atoms with Crippen molar-refractivity contribution in [1.29, 1.82) is 0 Å². The van der Waals surface area contributed by atoms with Gasteiger partial charge in [0.1, 0.15) is 22.8 Å². The third kappa shape index (κ3) is 4.29. The molecule has 12 nitrogen and oxygen atoms in total. The van der Waals surface area contributed by atoms with Crippen LogP contribution in [0.2, 0.25) is 0 Å². The van der Waals surface area contributed by atoms with Crippen molar-refractivity contribution in [3.63, 3.8) is 0 Å². The molecule has 0 bridgehead atoms. The van der Waals surface area contributed by atoms with Crippen molar-refractivity contribution < 1.29 is 49.0 Å². The summed E-state index contributed by atoms with van der Waals surface area (Å²) in [7, 11) is 1.34. The third-order valence-electron chi connectivity index (χ3n) is 7.80. The van der Waals surface area contributed by atoms with Crippen LogP contribution in [0, 0.1) is 0 Å². The van der Waals surface area contributed by atoms with Crippen LogP contribution in [-0.2, 0) is 20.7 Å². The second-order valence-corrected chi connectivity index (χ2v) is 10.1. The number of phenols is 2. The molecule has 1 aliphatic heterocycles. The fourth-order valence-corrected chi connectivity index (χ4v) is 5.66. The number of nitrogens with two attached hydrogens (primary N) is 1. The normalized spacial score (nSPS) is 29.5. The van der Waals surface area contributed by atoms with Crippen LogP contribution in [0.25, 0.3) is 0 Å². The molecule has 12 heteroatoms. The summed E-state index contributed by atoms with van der Waals surface area (Å²) >= 11 is 0. The summed E-state index contributed by atoms with van der Waals surface area (Å²) in [5, 5.41) is 44.1. The lowest BCUT2D eigenvalue weighted by Crippen LogP contribution is -2.52. The van der Waals surface area contributed by atoms with E-state index in [2.05, 4.69) is 0 Å². The smallest absolute Gasteiger partial charge is 0.202 e. The summed E-state index contributed by atoms with van der Waals surface area (Å²) in [6.07, 6.45) is -4.53. The Balaban J connectivity index is 0.00000353. The molecule has 0 spiro atoms. The largest absolute Gasteiger partial charge is 0.507 e. The molecular formula is C27H32N2O10. The molecule has 1 fully saturated rings. The number of rotatable bonds is 4. The van der Waals surface area contributed by atoms with E-state index in [0.29, 0.717) is 0 Å². The van der Waals surface area contributed by atoms with Crippen molar-refractivity contribution in [3.8, 4) is 17.2 Å². The average Bonchev–Trinajstić information content (AvgIpc) is 2.87. The molecule has 6 atom stereocenters. The fraction of sp³-hybridized carbons (Fsp3) is 0.444. The molecule has 3 aliphatic rings. The molecule has 39 heavy (non-hydrogen) atoms. The molecule has 2 aromatic rings. The summed E-state index contributed by atoms with van der Waals surface area (Å²) in [4.78, 5) is 39.6. The topological polar surface area (TPSA) is 221 Å². The molecular weight excluding hydrogens is 512 g/mol. The van der Waals surface area contributed by atoms with Crippen molar-refractivity contribution in [2.24, 2.45) is 5.73 Å². The van der Waals surface area contributed by atoms with E-state index in [1.54, 1.807) is 6.92 Å². The number of Topliss-reactive ketones (excluding diaryl/α,β-unsaturated/α-hetero) is 1. The zero-order valence-corrected chi connectivity index (χ0v) is 21.8. The van der Waals surface area contributed by atoms with E-state index >= 15 is 0 Å². The molecule has 1 heterocycles. The zero-order chi connectivity index (χ0) is 27.7. The molecule has 0 unspecified atom stereocenters. The number of carbonyl (C=O) groups is 3. The number of ether oxygens (including phenoxy) is 3. The van der Waals surface area contributed by atoms with Crippen molar-refractivity contribution in [3.05, 3.63) is 51.6 Å². The number of aromatic hydroxyl groups is 2. The maximum Gasteiger partial charge on any atom is 0.202 e. The van der Waals surface area contributed by atoms with Crippen LogP contribution >= 0.6 is 0 Å². The first kappa shape index (κ1) is 28.6. The minimum absolute atomic E-state index is 0. The molecule has 210 valence electrons. The molecule has 1 saturated heterocycles. The Kier molecular flexibility index (Phi) is 7.32. The van der Waals surface area contributed by atoms with Gasteiger partial charge in [-0.2, -0.15) is 0 Å². The first-order valence-electron chi connectivity index (χ1n) is 12.2. The first-order chi connectivity index (χ1) is 17.9. The minimum atomic E-state index is -2.00. The van der Waals surface area contributed by atoms with Gasteiger partial charge in [0.05, 0.1) is 42.1 Å². The van der Waals surface area contributed by atoms with Crippen molar-refractivity contribution in [1.82, 2.24) is 6.15 Å². The van der Waals surface area contributed by atoms with Gasteiger partial charge in [-0.3, -0.25) is 14.4 Å². The van der Waals surface area contributed by atoms with E-state index in [9.17, 15) is 34.8 Å². The Morgan fingerprint density at radius 2 is 1.79 bits per heavy atom. The second-order valence-electron chi connectivity index (χ2n) is 10.1. The van der Waals surface area contributed by atoms with Crippen LogP contribution in [0.3, 0.4) is 0 Å². The number of hydrogen-bond acceptors (Lipinski definition) is 12. The van der Waals surface area contributed by atoms with Crippen molar-refractivity contribution in [2.45, 2.75) is 69.4 Å². The standard InChI is InChI=1S/C27H29NO10.H3N/c1-10-22(30)14(28)7-17(37-10)38-16-9-27(35,11(2)29)8-13-19(16)26(34)21-20(24(13)32)23(31)12-5-4-6-15(36-3)18(12)25(21)33;/h4-6,10,14,16-17,22,30,32,34-35H,7-9,28H2,1-3H3;1H3/t10-,14-,16-,17-,22+,27-;/m0./s1. The Hall–Kier alpha value is -3.39. The molecule has 0 aromatic heterocycles. The number of benzene rings is 2. The molecule has 0 amide bonds. The van der Waals surface area contributed by atoms with E-state index in [4.69, 9.17) is 19.9 Å². The maximum atomic E-state index is 13.6. The summed E-state index contributed by atoms with van der Waals surface area (Å²) in [5.41, 5.74) is 2.97. The van der Waals surface area contributed by atoms with Gasteiger partial charge < -0.3 is 46.5 Å². The highest BCUT2D eigenvalue weighted by molar-refractivity contribution is 6.31. The fourth-order valence-electron chi connectivity index (χ4n) is 5.66. The summed E-state index contributed by atoms with van der Waals surface area (Å²) in [6, 6.07) is 3.75. The Labute approximate surface area is 223 Å². The van der Waals surface area contributed by atoms with Crippen molar-refractivity contribution >= 4 is 17.3 Å². The predicted molar refractivity (Wildman–Crippen MR) is 135 cm³/mol. The number of carbonyl (C=O) groups excluding carboxylic acids is 3. The monoisotopic (exact) mass is 544 g/mol. The van der Waals surface area contributed by atoms with Gasteiger partial charge in [-0.25, -0.2) is 0 Å². The molecule has 2 aliphatic carbocycles. The first-order valence-corrected chi connectivity index (χ1v) is 12.2. The lowest BCUT2D eigenvalue weighted by molar-refractivity contribution is -0.247. The average molecular weight is 545 g/mol. The third-order valence-corrected chi connectivity index (χ3v) is 7.80. The number of fused-ring (bicyclic) bond motifs is 3. The number of ketones is 3. The van der Waals surface area contributed by atoms with Crippen LogP contribution in [0.1, 0.15) is 75.8 Å². The zero-order valence-electron chi connectivity index (χ0n) is 21.8. The Morgan fingerprint density at radius 3 is 2.41 bits per heavy atom. The second kappa shape index (κ2) is 9.97. The van der Waals surface area contributed by atoms with Gasteiger partial charge in [0.15, 0.2) is 17.9 Å². The van der Waals surface area contributed by atoms with Gasteiger partial charge in [-0.05, 0) is 19.9 Å². The minimum Gasteiger partial charge on any atom is -0.507 e. The highest BCUT2D eigenvalue weighted by Crippen LogP contribution is 2.52. The number of aliphatic hydroxyl groups is 2. The van der Waals surface area contributed by atoms with E-state index in [-0.39, 0.29) is 47.0 Å². The lowest BCUT2D eigenvalue weighted by atomic mass is 9.72. The SMILES string of the molecule is COc1cccc2c1C(=O)c1c(O)c3c(c(O)c1C2=O)C[C@@](O)(C(C)=O)C[C@@H]3O[C@H]1C[C@H](N)[C@H](O)[C@H](C)O1.N. The lowest BCUT2D eigenvalue weighted by Gasteiger charge is -2.42. The summed E-state index contributed by atoms with van der Waals surface area (Å²) < 4.78 is 17.1. The van der Waals surface area contributed by atoms with E-state index < -0.39 is 82.6 Å². The molecule has 5 rings (SSSR count). The van der Waals surface area contributed by atoms with E-state index in [1.165, 1.54) is 32.2 Å². The molecule has 9 N–H and O–H groups in total. The van der Waals surface area contributed by atoms with Gasteiger partial charge in [0.25, 0.3) is 0 Å². The van der Waals surface area contributed by atoms with E-state index in [1.807, 2.05) is 0 Å². The van der Waals surface area contributed by atoms with Gasteiger partial charge in [-0.1, -0.05) is 12.1 Å². The van der Waals surface area contributed by atoms with Crippen LogP contribution in [0.5, 0.6) is 17.2 Å². The van der Waals surface area contributed by atoms with Gasteiger partial charge in [-0.15, -0.1) is 0 Å². The van der Waals surface area contributed by atoms with E-state index in [0.717, 1.165) is 0 Å². The van der Waals surface area contributed by atoms with Crippen LogP contribution in [0.15, 0.2) is 18.2 Å². The van der Waals surface area contributed by atoms with Gasteiger partial charge in [0, 0.05) is 42.0 Å². The molecule has 2 aromatic carbocycles. The highest BCUT2D eigenvalue weighted by atomic mass is 16.7. The Bertz CT molecular complexity index is 1360. The van der Waals surface area contributed by atoms with Crippen molar-refractivity contribution in [2.75, 3.05) is 7.11 Å². The number of methoxy groups -OCH3 is 1.